The maximum Gasteiger partial charge on any atom is 0.237 e. The molecule has 0 saturated heterocycles. The number of hydrogen-bond donors (Lipinski definition) is 0. The minimum Gasteiger partial charge on any atom is -0.261 e. The first-order chi connectivity index (χ1) is 6.09. The third-order valence-corrected chi connectivity index (χ3v) is 1.67. The lowest BCUT2D eigenvalue weighted by molar-refractivity contribution is -0.401. The molecule has 68 valence electrons. The molecule has 0 aliphatic rings. The lowest BCUT2D eigenvalue weighted by Gasteiger charge is -1.97. The van der Waals surface area contributed by atoms with Crippen molar-refractivity contribution in [1.29, 1.82) is 0 Å². The molecule has 1 rings (SSSR count). The van der Waals surface area contributed by atoms with Crippen LogP contribution in [0.3, 0.4) is 0 Å². The third kappa shape index (κ3) is 2.66. The molecule has 4 heteroatoms. The fraction of sp³-hybridized carbons (Fsp3) is 0.222. The van der Waals surface area contributed by atoms with Gasteiger partial charge in [-0.05, 0) is 19.9 Å². The van der Waals surface area contributed by atoms with Gasteiger partial charge in [-0.25, -0.2) is 0 Å². The van der Waals surface area contributed by atoms with E-state index in [1.807, 2.05) is 19.1 Å². The highest BCUT2D eigenvalue weighted by Crippen LogP contribution is 2.11. The molecule has 1 heterocycles. The van der Waals surface area contributed by atoms with Crippen LogP contribution < -0.4 is 0 Å². The molecule has 0 aliphatic heterocycles. The minimum absolute atomic E-state index is 0.463. The van der Waals surface area contributed by atoms with E-state index in [9.17, 15) is 10.1 Å². The summed E-state index contributed by atoms with van der Waals surface area (Å²) in [6.45, 7) is 3.56. The third-order valence-electron chi connectivity index (χ3n) is 1.67. The topological polar surface area (TPSA) is 56.0 Å². The maximum atomic E-state index is 10.2. The highest BCUT2D eigenvalue weighted by atomic mass is 16.6. The van der Waals surface area contributed by atoms with E-state index in [0.29, 0.717) is 5.57 Å². The van der Waals surface area contributed by atoms with Gasteiger partial charge in [0.2, 0.25) is 6.20 Å². The van der Waals surface area contributed by atoms with Crippen LogP contribution in [-0.4, -0.2) is 9.91 Å². The van der Waals surface area contributed by atoms with E-state index in [1.165, 1.54) is 0 Å². The second kappa shape index (κ2) is 3.80. The van der Waals surface area contributed by atoms with E-state index in [2.05, 4.69) is 4.98 Å². The number of hydrogen-bond acceptors (Lipinski definition) is 3. The van der Waals surface area contributed by atoms with Gasteiger partial charge in [0.15, 0.2) is 0 Å². The zero-order valence-electron chi connectivity index (χ0n) is 7.52. The van der Waals surface area contributed by atoms with Gasteiger partial charge in [0, 0.05) is 23.0 Å². The second-order valence-corrected chi connectivity index (χ2v) is 2.79. The summed E-state index contributed by atoms with van der Waals surface area (Å²) in [5.74, 6) is 0. The van der Waals surface area contributed by atoms with Gasteiger partial charge >= 0.3 is 0 Å². The Morgan fingerprint density at radius 1 is 1.62 bits per heavy atom. The van der Waals surface area contributed by atoms with Crippen LogP contribution in [0.25, 0.3) is 5.57 Å². The summed E-state index contributed by atoms with van der Waals surface area (Å²) in [7, 11) is 0. The average Bonchev–Trinajstić information content (AvgIpc) is 2.04. The summed E-state index contributed by atoms with van der Waals surface area (Å²) in [6, 6.07) is 3.64. The van der Waals surface area contributed by atoms with Gasteiger partial charge in [0.05, 0.1) is 4.92 Å². The molecule has 0 bridgehead atoms. The van der Waals surface area contributed by atoms with Crippen molar-refractivity contribution in [2.24, 2.45) is 0 Å². The first-order valence-electron chi connectivity index (χ1n) is 3.84. The lowest BCUT2D eigenvalue weighted by Crippen LogP contribution is -1.89. The summed E-state index contributed by atoms with van der Waals surface area (Å²) in [6.07, 6.45) is 2.61. The molecule has 0 atom stereocenters. The Labute approximate surface area is 76.1 Å². The molecule has 0 amide bonds. The van der Waals surface area contributed by atoms with Crippen LogP contribution in [-0.2, 0) is 0 Å². The summed E-state index contributed by atoms with van der Waals surface area (Å²) in [5, 5.41) is 10.2. The fourth-order valence-electron chi connectivity index (χ4n) is 0.934. The van der Waals surface area contributed by atoms with E-state index in [-0.39, 0.29) is 0 Å². The highest BCUT2D eigenvalue weighted by molar-refractivity contribution is 5.61. The van der Waals surface area contributed by atoms with Gasteiger partial charge in [0.1, 0.15) is 0 Å². The Hall–Kier alpha value is -1.71. The van der Waals surface area contributed by atoms with Crippen LogP contribution in [0.1, 0.15) is 18.2 Å². The van der Waals surface area contributed by atoms with Crippen LogP contribution in [0.4, 0.5) is 0 Å². The van der Waals surface area contributed by atoms with Gasteiger partial charge in [-0.3, -0.25) is 15.1 Å². The predicted octanol–water partition coefficient (Wildman–Crippen LogP) is 2.03. The van der Waals surface area contributed by atoms with Crippen molar-refractivity contribution in [2.75, 3.05) is 0 Å². The fourth-order valence-corrected chi connectivity index (χ4v) is 0.934. The standard InChI is InChI=1S/C9H10N2O2/c1-7(6-11(12)13)9-4-3-8(2)10-5-9/h3-6H,1-2H3. The minimum atomic E-state index is -0.463. The van der Waals surface area contributed by atoms with Gasteiger partial charge in [-0.15, -0.1) is 0 Å². The quantitative estimate of drug-likeness (QED) is 0.514. The van der Waals surface area contributed by atoms with Gasteiger partial charge in [-0.1, -0.05) is 6.07 Å². The molecular weight excluding hydrogens is 168 g/mol. The van der Waals surface area contributed by atoms with Crippen LogP contribution in [0.5, 0.6) is 0 Å². The molecule has 13 heavy (non-hydrogen) atoms. The summed E-state index contributed by atoms with van der Waals surface area (Å²) >= 11 is 0. The average molecular weight is 178 g/mol. The number of allylic oxidation sites excluding steroid dienone is 1. The number of pyridine rings is 1. The molecule has 0 radical (unpaired) electrons. The van der Waals surface area contributed by atoms with Crippen molar-refractivity contribution in [1.82, 2.24) is 4.98 Å². The van der Waals surface area contributed by atoms with Crippen LogP contribution in [0.2, 0.25) is 0 Å². The van der Waals surface area contributed by atoms with Crippen molar-refractivity contribution < 1.29 is 4.92 Å². The Morgan fingerprint density at radius 2 is 2.31 bits per heavy atom. The summed E-state index contributed by atoms with van der Waals surface area (Å²) in [5.41, 5.74) is 2.29. The molecule has 1 aromatic heterocycles. The van der Waals surface area contributed by atoms with Crippen LogP contribution in [0, 0.1) is 17.0 Å². The number of nitrogens with zero attached hydrogens (tertiary/aromatic N) is 2. The second-order valence-electron chi connectivity index (χ2n) is 2.79. The Bertz CT molecular complexity index is 341. The van der Waals surface area contributed by atoms with E-state index in [4.69, 9.17) is 0 Å². The largest absolute Gasteiger partial charge is 0.261 e. The molecule has 0 saturated carbocycles. The van der Waals surface area contributed by atoms with Crippen molar-refractivity contribution in [3.05, 3.63) is 45.9 Å². The maximum absolute atomic E-state index is 10.2. The summed E-state index contributed by atoms with van der Waals surface area (Å²) in [4.78, 5) is 13.7. The van der Waals surface area contributed by atoms with E-state index >= 15 is 0 Å². The van der Waals surface area contributed by atoms with Crippen molar-refractivity contribution in [3.8, 4) is 0 Å². The molecule has 0 unspecified atom stereocenters. The number of rotatable bonds is 2. The molecule has 0 N–H and O–H groups in total. The number of aromatic nitrogens is 1. The lowest BCUT2D eigenvalue weighted by atomic mass is 10.1. The molecule has 0 fully saturated rings. The molecular formula is C9H10N2O2. The number of nitro groups is 1. The SMILES string of the molecule is CC(=C[N+](=O)[O-])c1ccc(C)nc1. The smallest absolute Gasteiger partial charge is 0.237 e. The summed E-state index contributed by atoms with van der Waals surface area (Å²) < 4.78 is 0. The number of aryl methyl sites for hydroxylation is 1. The Kier molecular flexibility index (Phi) is 2.74. The monoisotopic (exact) mass is 178 g/mol. The zero-order chi connectivity index (χ0) is 9.84. The van der Waals surface area contributed by atoms with E-state index < -0.39 is 4.92 Å². The Balaban J connectivity index is 2.96. The van der Waals surface area contributed by atoms with Gasteiger partial charge in [-0.2, -0.15) is 0 Å². The molecule has 0 spiro atoms. The van der Waals surface area contributed by atoms with Crippen LogP contribution in [0.15, 0.2) is 24.5 Å². The first-order valence-corrected chi connectivity index (χ1v) is 3.84. The van der Waals surface area contributed by atoms with Crippen molar-refractivity contribution in [2.45, 2.75) is 13.8 Å². The van der Waals surface area contributed by atoms with Gasteiger partial charge < -0.3 is 0 Å². The zero-order valence-corrected chi connectivity index (χ0v) is 7.52. The van der Waals surface area contributed by atoms with Crippen molar-refractivity contribution >= 4 is 5.57 Å². The van der Waals surface area contributed by atoms with E-state index in [1.54, 1.807) is 13.1 Å². The van der Waals surface area contributed by atoms with Crippen molar-refractivity contribution in [3.63, 3.8) is 0 Å². The molecule has 1 aromatic rings. The molecule has 0 aliphatic carbocycles. The highest BCUT2D eigenvalue weighted by Gasteiger charge is 1.99. The molecule has 4 nitrogen and oxygen atoms in total. The normalized spacial score (nSPS) is 11.4. The molecule has 0 aromatic carbocycles. The Morgan fingerprint density at radius 3 is 2.77 bits per heavy atom. The van der Waals surface area contributed by atoms with Crippen LogP contribution >= 0.6 is 0 Å². The first kappa shape index (κ1) is 9.38. The van der Waals surface area contributed by atoms with E-state index in [0.717, 1.165) is 17.5 Å². The van der Waals surface area contributed by atoms with Gasteiger partial charge in [0.25, 0.3) is 0 Å². The predicted molar refractivity (Wildman–Crippen MR) is 49.6 cm³/mol.